The van der Waals surface area contributed by atoms with Gasteiger partial charge in [0.05, 0.1) is 11.1 Å². The van der Waals surface area contributed by atoms with Gasteiger partial charge in [-0.15, -0.1) is 0 Å². The molecule has 0 spiro atoms. The molecule has 0 radical (unpaired) electrons. The Balaban J connectivity index is 1.54. The summed E-state index contributed by atoms with van der Waals surface area (Å²) in [5.41, 5.74) is 2.20. The second-order valence-electron chi connectivity index (χ2n) is 6.07. The molecule has 28 heavy (non-hydrogen) atoms. The molecule has 3 rings (SSSR count). The Kier molecular flexibility index (Phi) is 5.91. The molecule has 0 heterocycles. The van der Waals surface area contributed by atoms with Gasteiger partial charge in [0.1, 0.15) is 24.7 Å². The van der Waals surface area contributed by atoms with Gasteiger partial charge in [-0.05, 0) is 65.7 Å². The van der Waals surface area contributed by atoms with Crippen molar-refractivity contribution >= 4 is 11.9 Å². The van der Waals surface area contributed by atoms with E-state index in [9.17, 15) is 19.8 Å². The van der Waals surface area contributed by atoms with E-state index in [1.165, 1.54) is 48.5 Å². The van der Waals surface area contributed by atoms with E-state index < -0.39 is 11.9 Å². The van der Waals surface area contributed by atoms with Crippen LogP contribution >= 0.6 is 0 Å². The fourth-order valence-electron chi connectivity index (χ4n) is 2.47. The number of aromatic hydroxyl groups is 2. The van der Waals surface area contributed by atoms with Gasteiger partial charge in [-0.1, -0.05) is 18.2 Å². The van der Waals surface area contributed by atoms with Gasteiger partial charge in [0.25, 0.3) is 0 Å². The van der Waals surface area contributed by atoms with E-state index >= 15 is 0 Å². The third-order valence-corrected chi connectivity index (χ3v) is 3.94. The maximum absolute atomic E-state index is 12.0. The first-order valence-corrected chi connectivity index (χ1v) is 8.51. The summed E-state index contributed by atoms with van der Waals surface area (Å²) in [5, 5.41) is 18.5. The molecule has 0 aromatic heterocycles. The van der Waals surface area contributed by atoms with Crippen molar-refractivity contribution in [3.05, 3.63) is 95.1 Å². The highest BCUT2D eigenvalue weighted by molar-refractivity contribution is 5.90. The van der Waals surface area contributed by atoms with E-state index in [0.717, 1.165) is 11.1 Å². The zero-order valence-electron chi connectivity index (χ0n) is 14.9. The molecule has 0 aliphatic heterocycles. The second kappa shape index (κ2) is 8.73. The van der Waals surface area contributed by atoms with Crippen molar-refractivity contribution in [3.8, 4) is 11.5 Å². The highest BCUT2D eigenvalue weighted by atomic mass is 16.5. The van der Waals surface area contributed by atoms with Crippen LogP contribution in [0.25, 0.3) is 0 Å². The molecule has 142 valence electrons. The van der Waals surface area contributed by atoms with Crippen molar-refractivity contribution in [1.29, 1.82) is 0 Å². The minimum absolute atomic E-state index is 0.0689. The molecule has 3 aromatic carbocycles. The summed E-state index contributed by atoms with van der Waals surface area (Å²) in [7, 11) is 0. The van der Waals surface area contributed by atoms with Crippen molar-refractivity contribution in [2.45, 2.75) is 13.2 Å². The van der Waals surface area contributed by atoms with Crippen LogP contribution in [-0.4, -0.2) is 22.2 Å². The molecule has 0 saturated heterocycles. The van der Waals surface area contributed by atoms with Crippen LogP contribution in [0.3, 0.4) is 0 Å². The van der Waals surface area contributed by atoms with Gasteiger partial charge in [-0.25, -0.2) is 9.59 Å². The normalized spacial score (nSPS) is 10.3. The number of phenols is 2. The van der Waals surface area contributed by atoms with Gasteiger partial charge in [0.15, 0.2) is 0 Å². The standard InChI is InChI=1S/C22H18O6/c23-19-8-4-17(5-9-19)21(25)27-13-15-2-1-3-16(12-15)14-28-22(26)18-6-10-20(24)11-7-18/h1-12,23-24H,13-14H2. The first kappa shape index (κ1) is 19.0. The summed E-state index contributed by atoms with van der Waals surface area (Å²) in [6, 6.07) is 18.8. The molecule has 3 aromatic rings. The minimum Gasteiger partial charge on any atom is -0.508 e. The number of carbonyl (C=O) groups excluding carboxylic acids is 2. The third kappa shape index (κ3) is 5.11. The van der Waals surface area contributed by atoms with Crippen molar-refractivity contribution in [1.82, 2.24) is 0 Å². The number of hydrogen-bond acceptors (Lipinski definition) is 6. The second-order valence-corrected chi connectivity index (χ2v) is 6.07. The van der Waals surface area contributed by atoms with Crippen molar-refractivity contribution in [2.24, 2.45) is 0 Å². The van der Waals surface area contributed by atoms with Crippen LogP contribution in [0.5, 0.6) is 11.5 Å². The number of esters is 2. The highest BCUT2D eigenvalue weighted by Gasteiger charge is 2.09. The lowest BCUT2D eigenvalue weighted by molar-refractivity contribution is 0.0471. The van der Waals surface area contributed by atoms with Gasteiger partial charge < -0.3 is 19.7 Å². The number of rotatable bonds is 6. The molecule has 0 unspecified atom stereocenters. The quantitative estimate of drug-likeness (QED) is 0.634. The Hall–Kier alpha value is -3.80. The lowest BCUT2D eigenvalue weighted by Crippen LogP contribution is -2.06. The summed E-state index contributed by atoms with van der Waals surface area (Å²) in [5.74, 6) is -0.842. The summed E-state index contributed by atoms with van der Waals surface area (Å²) in [4.78, 5) is 24.0. The van der Waals surface area contributed by atoms with Crippen LogP contribution in [0, 0.1) is 0 Å². The smallest absolute Gasteiger partial charge is 0.338 e. The lowest BCUT2D eigenvalue weighted by Gasteiger charge is -2.08. The van der Waals surface area contributed by atoms with Crippen molar-refractivity contribution in [2.75, 3.05) is 0 Å². The lowest BCUT2D eigenvalue weighted by atomic mass is 10.1. The Bertz CT molecular complexity index is 884. The Morgan fingerprint density at radius 3 is 1.43 bits per heavy atom. The average Bonchev–Trinajstić information content (AvgIpc) is 2.71. The van der Waals surface area contributed by atoms with Crippen LogP contribution in [0.1, 0.15) is 31.8 Å². The number of hydrogen-bond donors (Lipinski definition) is 2. The van der Waals surface area contributed by atoms with E-state index in [0.29, 0.717) is 11.1 Å². The van der Waals surface area contributed by atoms with Crippen LogP contribution in [0.2, 0.25) is 0 Å². The van der Waals surface area contributed by atoms with Gasteiger partial charge in [0.2, 0.25) is 0 Å². The molecule has 0 fully saturated rings. The van der Waals surface area contributed by atoms with Gasteiger partial charge in [0, 0.05) is 0 Å². The first-order valence-electron chi connectivity index (χ1n) is 8.51. The summed E-state index contributed by atoms with van der Waals surface area (Å²) >= 11 is 0. The molecule has 0 saturated carbocycles. The van der Waals surface area contributed by atoms with E-state index in [1.54, 1.807) is 24.3 Å². The first-order chi connectivity index (χ1) is 13.5. The Labute approximate surface area is 161 Å². The molecule has 6 heteroatoms. The van der Waals surface area contributed by atoms with E-state index in [1.807, 2.05) is 0 Å². The maximum Gasteiger partial charge on any atom is 0.338 e. The molecular formula is C22H18O6. The average molecular weight is 378 g/mol. The zero-order valence-corrected chi connectivity index (χ0v) is 14.9. The van der Waals surface area contributed by atoms with Crippen LogP contribution in [0.15, 0.2) is 72.8 Å². The largest absolute Gasteiger partial charge is 0.508 e. The minimum atomic E-state index is -0.496. The SMILES string of the molecule is O=C(OCc1cccc(COC(=O)c2ccc(O)cc2)c1)c1ccc(O)cc1. The summed E-state index contributed by atoms with van der Waals surface area (Å²) < 4.78 is 10.5. The predicted molar refractivity (Wildman–Crippen MR) is 101 cm³/mol. The number of ether oxygens (including phenoxy) is 2. The van der Waals surface area contributed by atoms with Gasteiger partial charge >= 0.3 is 11.9 Å². The van der Waals surface area contributed by atoms with E-state index in [2.05, 4.69) is 0 Å². The number of benzene rings is 3. The molecular weight excluding hydrogens is 360 g/mol. The molecule has 6 nitrogen and oxygen atoms in total. The monoisotopic (exact) mass is 378 g/mol. The van der Waals surface area contributed by atoms with Crippen LogP contribution in [0.4, 0.5) is 0 Å². The van der Waals surface area contributed by atoms with Gasteiger partial charge in [-0.3, -0.25) is 0 Å². The molecule has 2 N–H and O–H groups in total. The predicted octanol–water partition coefficient (Wildman–Crippen LogP) is 3.81. The topological polar surface area (TPSA) is 93.1 Å². The van der Waals surface area contributed by atoms with E-state index in [4.69, 9.17) is 9.47 Å². The van der Waals surface area contributed by atoms with Crippen molar-refractivity contribution in [3.63, 3.8) is 0 Å². The van der Waals surface area contributed by atoms with Gasteiger partial charge in [-0.2, -0.15) is 0 Å². The molecule has 0 aliphatic carbocycles. The number of phenolic OH excluding ortho intramolecular Hbond substituents is 2. The molecule has 0 amide bonds. The van der Waals surface area contributed by atoms with Crippen molar-refractivity contribution < 1.29 is 29.3 Å². The highest BCUT2D eigenvalue weighted by Crippen LogP contribution is 2.14. The molecule has 0 atom stereocenters. The fraction of sp³-hybridized carbons (Fsp3) is 0.0909. The Morgan fingerprint density at radius 1 is 0.643 bits per heavy atom. The van der Waals surface area contributed by atoms with E-state index in [-0.39, 0.29) is 24.7 Å². The number of carbonyl (C=O) groups is 2. The molecule has 0 bridgehead atoms. The fourth-order valence-corrected chi connectivity index (χ4v) is 2.47. The zero-order chi connectivity index (χ0) is 19.9. The molecule has 0 aliphatic rings. The van der Waals surface area contributed by atoms with Crippen LogP contribution in [-0.2, 0) is 22.7 Å². The summed E-state index contributed by atoms with van der Waals surface area (Å²) in [6.07, 6.45) is 0. The Morgan fingerprint density at radius 2 is 1.04 bits per heavy atom. The maximum atomic E-state index is 12.0. The van der Waals surface area contributed by atoms with Crippen LogP contribution < -0.4 is 0 Å². The third-order valence-electron chi connectivity index (χ3n) is 3.94. The summed E-state index contributed by atoms with van der Waals surface area (Å²) in [6.45, 7) is 0.138.